The van der Waals surface area contributed by atoms with Crippen molar-refractivity contribution < 1.29 is 9.47 Å². The minimum Gasteiger partial charge on any atom is -0.475 e. The highest BCUT2D eigenvalue weighted by atomic mass is 16.5. The smallest absolute Gasteiger partial charge is 0.215 e. The minimum atomic E-state index is 0.207. The number of hydrogen-bond acceptors (Lipinski definition) is 5. The minimum absolute atomic E-state index is 0.207. The molecule has 84 valence electrons. The summed E-state index contributed by atoms with van der Waals surface area (Å²) >= 11 is 0. The number of nitrogens with two attached hydrogens (primary N) is 2. The highest BCUT2D eigenvalue weighted by Gasteiger charge is 2.00. The first-order valence-corrected chi connectivity index (χ1v) is 4.86. The lowest BCUT2D eigenvalue weighted by molar-refractivity contribution is 0.0543. The van der Waals surface area contributed by atoms with E-state index in [-0.39, 0.29) is 11.9 Å². The second kappa shape index (κ2) is 5.41. The Kier molecular flexibility index (Phi) is 4.17. The number of ether oxygens (including phenoxy) is 2. The van der Waals surface area contributed by atoms with Crippen molar-refractivity contribution in [3.63, 3.8) is 0 Å². The summed E-state index contributed by atoms with van der Waals surface area (Å²) < 4.78 is 10.6. The van der Waals surface area contributed by atoms with E-state index in [9.17, 15) is 0 Å². The first kappa shape index (κ1) is 11.6. The largest absolute Gasteiger partial charge is 0.475 e. The molecule has 5 nitrogen and oxygen atoms in total. The van der Waals surface area contributed by atoms with E-state index in [2.05, 4.69) is 4.98 Å². The molecule has 0 aliphatic heterocycles. The fourth-order valence-electron chi connectivity index (χ4n) is 0.977. The van der Waals surface area contributed by atoms with Crippen LogP contribution in [0.15, 0.2) is 12.1 Å². The van der Waals surface area contributed by atoms with Gasteiger partial charge in [-0.05, 0) is 19.9 Å². The Bertz CT molecular complexity index is 316. The standard InChI is InChI=1S/C10H17N3O2/c1-7(2)14-5-6-15-9-4-3-8(11)10(12)13-9/h3-4,7H,5-6,11H2,1-2H3,(H2,12,13). The highest BCUT2D eigenvalue weighted by Crippen LogP contribution is 2.15. The first-order valence-electron chi connectivity index (χ1n) is 4.86. The van der Waals surface area contributed by atoms with Crippen LogP contribution in [0, 0.1) is 0 Å². The summed E-state index contributed by atoms with van der Waals surface area (Å²) in [7, 11) is 0. The van der Waals surface area contributed by atoms with Crippen molar-refractivity contribution in [2.24, 2.45) is 0 Å². The van der Waals surface area contributed by atoms with Crippen molar-refractivity contribution in [3.05, 3.63) is 12.1 Å². The molecule has 0 aliphatic rings. The zero-order valence-corrected chi connectivity index (χ0v) is 9.06. The van der Waals surface area contributed by atoms with Gasteiger partial charge in [-0.2, -0.15) is 4.98 Å². The number of aromatic nitrogens is 1. The lowest BCUT2D eigenvalue weighted by Crippen LogP contribution is -2.12. The van der Waals surface area contributed by atoms with E-state index in [4.69, 9.17) is 20.9 Å². The second-order valence-electron chi connectivity index (χ2n) is 3.39. The van der Waals surface area contributed by atoms with Crippen LogP contribution in [0.4, 0.5) is 11.5 Å². The molecule has 0 bridgehead atoms. The van der Waals surface area contributed by atoms with Gasteiger partial charge in [-0.3, -0.25) is 0 Å². The SMILES string of the molecule is CC(C)OCCOc1ccc(N)c(N)n1. The summed E-state index contributed by atoms with van der Waals surface area (Å²) in [5.74, 6) is 0.756. The maximum Gasteiger partial charge on any atom is 0.215 e. The van der Waals surface area contributed by atoms with Crippen molar-refractivity contribution in [1.82, 2.24) is 4.98 Å². The van der Waals surface area contributed by atoms with Crippen molar-refractivity contribution in [3.8, 4) is 5.88 Å². The summed E-state index contributed by atoms with van der Waals surface area (Å²) in [5.41, 5.74) is 11.5. The molecule has 0 saturated carbocycles. The van der Waals surface area contributed by atoms with Gasteiger partial charge in [0.1, 0.15) is 6.61 Å². The molecule has 0 spiro atoms. The molecule has 0 amide bonds. The van der Waals surface area contributed by atoms with Gasteiger partial charge in [0.25, 0.3) is 0 Å². The summed E-state index contributed by atoms with van der Waals surface area (Å²) in [5, 5.41) is 0. The van der Waals surface area contributed by atoms with Crippen molar-refractivity contribution in [1.29, 1.82) is 0 Å². The number of hydrogen-bond donors (Lipinski definition) is 2. The van der Waals surface area contributed by atoms with Crippen molar-refractivity contribution >= 4 is 11.5 Å². The van der Waals surface area contributed by atoms with Crippen LogP contribution < -0.4 is 16.2 Å². The van der Waals surface area contributed by atoms with E-state index in [1.165, 1.54) is 0 Å². The molecule has 1 heterocycles. The zero-order chi connectivity index (χ0) is 11.3. The van der Waals surface area contributed by atoms with Crippen LogP contribution in [0.2, 0.25) is 0 Å². The van der Waals surface area contributed by atoms with Crippen molar-refractivity contribution in [2.75, 3.05) is 24.7 Å². The van der Waals surface area contributed by atoms with E-state index in [0.717, 1.165) is 0 Å². The van der Waals surface area contributed by atoms with E-state index in [1.807, 2.05) is 13.8 Å². The summed E-state index contributed by atoms with van der Waals surface area (Å²) in [4.78, 5) is 3.96. The molecule has 1 rings (SSSR count). The van der Waals surface area contributed by atoms with Crippen LogP contribution in [0.5, 0.6) is 5.88 Å². The predicted molar refractivity (Wildman–Crippen MR) is 59.6 cm³/mol. The summed E-state index contributed by atoms with van der Waals surface area (Å²) in [6.07, 6.45) is 0.207. The molecule has 0 saturated heterocycles. The lowest BCUT2D eigenvalue weighted by atomic mass is 10.4. The molecule has 5 heteroatoms. The molecule has 0 unspecified atom stereocenters. The summed E-state index contributed by atoms with van der Waals surface area (Å²) in [6.45, 7) is 4.93. The van der Waals surface area contributed by atoms with Crippen LogP contribution in [0.25, 0.3) is 0 Å². The third-order valence-corrected chi connectivity index (χ3v) is 1.72. The molecule has 4 N–H and O–H groups in total. The van der Waals surface area contributed by atoms with Gasteiger partial charge in [-0.25, -0.2) is 0 Å². The van der Waals surface area contributed by atoms with Gasteiger partial charge in [0.05, 0.1) is 18.4 Å². The zero-order valence-electron chi connectivity index (χ0n) is 9.06. The Morgan fingerprint density at radius 2 is 2.00 bits per heavy atom. The maximum atomic E-state index is 5.53. The van der Waals surface area contributed by atoms with Gasteiger partial charge >= 0.3 is 0 Å². The van der Waals surface area contributed by atoms with Crippen LogP contribution in [0.3, 0.4) is 0 Å². The topological polar surface area (TPSA) is 83.4 Å². The van der Waals surface area contributed by atoms with Gasteiger partial charge in [-0.1, -0.05) is 0 Å². The fourth-order valence-corrected chi connectivity index (χ4v) is 0.977. The van der Waals surface area contributed by atoms with Crippen LogP contribution >= 0.6 is 0 Å². The molecular weight excluding hydrogens is 194 g/mol. The van der Waals surface area contributed by atoms with Crippen LogP contribution in [0.1, 0.15) is 13.8 Å². The Morgan fingerprint density at radius 1 is 1.27 bits per heavy atom. The molecule has 0 aliphatic carbocycles. The molecule has 1 aromatic rings. The molecule has 0 atom stereocenters. The average Bonchev–Trinajstić information content (AvgIpc) is 2.18. The Balaban J connectivity index is 2.35. The second-order valence-corrected chi connectivity index (χ2v) is 3.39. The predicted octanol–water partition coefficient (Wildman–Crippen LogP) is 1.05. The van der Waals surface area contributed by atoms with Gasteiger partial charge in [0.15, 0.2) is 5.82 Å². The molecule has 0 radical (unpaired) electrons. The summed E-state index contributed by atoms with van der Waals surface area (Å²) in [6, 6.07) is 3.35. The van der Waals surface area contributed by atoms with E-state index in [1.54, 1.807) is 12.1 Å². The molecular formula is C10H17N3O2. The normalized spacial score (nSPS) is 10.6. The van der Waals surface area contributed by atoms with Crippen LogP contribution in [-0.2, 0) is 4.74 Å². The number of rotatable bonds is 5. The highest BCUT2D eigenvalue weighted by molar-refractivity contribution is 5.58. The number of anilines is 2. The van der Waals surface area contributed by atoms with E-state index < -0.39 is 0 Å². The first-order chi connectivity index (χ1) is 7.09. The fraction of sp³-hybridized carbons (Fsp3) is 0.500. The van der Waals surface area contributed by atoms with E-state index >= 15 is 0 Å². The van der Waals surface area contributed by atoms with Gasteiger partial charge in [-0.15, -0.1) is 0 Å². The van der Waals surface area contributed by atoms with Crippen molar-refractivity contribution in [2.45, 2.75) is 20.0 Å². The number of nitrogens with zero attached hydrogens (tertiary/aromatic N) is 1. The number of nitrogen functional groups attached to an aromatic ring is 2. The Morgan fingerprint density at radius 3 is 2.60 bits per heavy atom. The van der Waals surface area contributed by atoms with E-state index in [0.29, 0.717) is 24.8 Å². The average molecular weight is 211 g/mol. The Labute approximate surface area is 89.4 Å². The Hall–Kier alpha value is -1.49. The quantitative estimate of drug-likeness (QED) is 0.711. The molecule has 0 fully saturated rings. The van der Waals surface area contributed by atoms with Gasteiger partial charge < -0.3 is 20.9 Å². The van der Waals surface area contributed by atoms with Gasteiger partial charge in [0.2, 0.25) is 5.88 Å². The number of pyridine rings is 1. The third kappa shape index (κ3) is 4.03. The lowest BCUT2D eigenvalue weighted by Gasteiger charge is -2.09. The third-order valence-electron chi connectivity index (χ3n) is 1.72. The molecule has 0 aromatic carbocycles. The monoisotopic (exact) mass is 211 g/mol. The van der Waals surface area contributed by atoms with Crippen LogP contribution in [-0.4, -0.2) is 24.3 Å². The molecule has 1 aromatic heterocycles. The van der Waals surface area contributed by atoms with Gasteiger partial charge in [0, 0.05) is 6.07 Å². The molecule has 15 heavy (non-hydrogen) atoms. The maximum absolute atomic E-state index is 5.53.